The molecule has 4 unspecified atom stereocenters. The van der Waals surface area contributed by atoms with E-state index >= 15 is 0 Å². The third-order valence-corrected chi connectivity index (χ3v) is 6.04. The SMILES string of the molecule is FC(F)(Br)C(F)(F)C1CCC2C(I)CCC21. The van der Waals surface area contributed by atoms with Crippen LogP contribution in [0.2, 0.25) is 0 Å². The van der Waals surface area contributed by atoms with Crippen LogP contribution in [0.3, 0.4) is 0 Å². The van der Waals surface area contributed by atoms with Crippen LogP contribution in [0, 0.1) is 17.8 Å². The molecule has 0 aromatic rings. The van der Waals surface area contributed by atoms with Gasteiger partial charge in [-0.2, -0.15) is 17.6 Å². The highest BCUT2D eigenvalue weighted by atomic mass is 127. The lowest BCUT2D eigenvalue weighted by Gasteiger charge is -2.31. The Labute approximate surface area is 114 Å². The van der Waals surface area contributed by atoms with Crippen molar-refractivity contribution in [3.8, 4) is 0 Å². The molecule has 94 valence electrons. The molecule has 0 aromatic heterocycles. The van der Waals surface area contributed by atoms with E-state index in [-0.39, 0.29) is 18.3 Å². The minimum absolute atomic E-state index is 0.214. The van der Waals surface area contributed by atoms with E-state index in [1.807, 2.05) is 15.9 Å². The maximum atomic E-state index is 13.6. The van der Waals surface area contributed by atoms with Gasteiger partial charge in [-0.1, -0.05) is 22.6 Å². The van der Waals surface area contributed by atoms with Gasteiger partial charge in [0.25, 0.3) is 0 Å². The third-order valence-electron chi connectivity index (χ3n) is 3.96. The van der Waals surface area contributed by atoms with Gasteiger partial charge < -0.3 is 0 Å². The summed E-state index contributed by atoms with van der Waals surface area (Å²) in [5.74, 6) is -5.09. The van der Waals surface area contributed by atoms with Crippen LogP contribution in [0.1, 0.15) is 25.7 Å². The Kier molecular flexibility index (Phi) is 3.54. The normalized spacial score (nSPS) is 40.1. The highest BCUT2D eigenvalue weighted by molar-refractivity contribution is 14.1. The second kappa shape index (κ2) is 4.24. The van der Waals surface area contributed by atoms with Crippen molar-refractivity contribution in [1.82, 2.24) is 0 Å². The van der Waals surface area contributed by atoms with Gasteiger partial charge in [-0.3, -0.25) is 0 Å². The summed E-state index contributed by atoms with van der Waals surface area (Å²) in [4.78, 5) is -4.08. The first-order valence-corrected chi connectivity index (χ1v) is 7.37. The van der Waals surface area contributed by atoms with Gasteiger partial charge in [0.05, 0.1) is 0 Å². The van der Waals surface area contributed by atoms with E-state index in [1.165, 1.54) is 0 Å². The van der Waals surface area contributed by atoms with Gasteiger partial charge in [0.2, 0.25) is 0 Å². The molecule has 0 saturated heterocycles. The fourth-order valence-corrected chi connectivity index (χ4v) is 4.74. The van der Waals surface area contributed by atoms with E-state index in [1.54, 1.807) is 0 Å². The lowest BCUT2D eigenvalue weighted by Crippen LogP contribution is -2.44. The Hall–Kier alpha value is 0.930. The van der Waals surface area contributed by atoms with Crippen molar-refractivity contribution in [2.24, 2.45) is 17.8 Å². The Morgan fingerprint density at radius 1 is 0.938 bits per heavy atom. The molecule has 4 atom stereocenters. The number of hydrogen-bond acceptors (Lipinski definition) is 0. The topological polar surface area (TPSA) is 0 Å². The van der Waals surface area contributed by atoms with Crippen LogP contribution in [-0.2, 0) is 0 Å². The summed E-state index contributed by atoms with van der Waals surface area (Å²) in [6.45, 7) is 0. The Morgan fingerprint density at radius 2 is 1.50 bits per heavy atom. The van der Waals surface area contributed by atoms with E-state index in [0.717, 1.165) is 6.42 Å². The highest BCUT2D eigenvalue weighted by Crippen LogP contribution is 2.58. The number of alkyl halides is 6. The van der Waals surface area contributed by atoms with Crippen LogP contribution in [0.5, 0.6) is 0 Å². The minimum atomic E-state index is -4.08. The Bertz CT molecular complexity index is 278. The molecule has 0 aromatic carbocycles. The van der Waals surface area contributed by atoms with Crippen LogP contribution >= 0.6 is 38.5 Å². The molecule has 2 fully saturated rings. The Balaban J connectivity index is 2.18. The summed E-state index contributed by atoms with van der Waals surface area (Å²) >= 11 is 4.10. The standard InChI is InChI=1S/C10H12BrF4I/c11-10(14,15)9(12,13)7-3-1-6-5(7)2-4-8(6)16/h5-8H,1-4H2. The van der Waals surface area contributed by atoms with Crippen LogP contribution < -0.4 is 0 Å². The quantitative estimate of drug-likeness (QED) is 0.344. The maximum absolute atomic E-state index is 13.6. The van der Waals surface area contributed by atoms with Crippen molar-refractivity contribution < 1.29 is 17.6 Å². The summed E-state index contributed by atoms with van der Waals surface area (Å²) in [6.07, 6.45) is 2.45. The van der Waals surface area contributed by atoms with Crippen molar-refractivity contribution in [3.63, 3.8) is 0 Å². The summed E-state index contributed by atoms with van der Waals surface area (Å²) < 4.78 is 53.3. The smallest absolute Gasteiger partial charge is 0.198 e. The summed E-state index contributed by atoms with van der Waals surface area (Å²) in [6, 6.07) is 0. The van der Waals surface area contributed by atoms with E-state index in [0.29, 0.717) is 16.8 Å². The first kappa shape index (κ1) is 13.4. The van der Waals surface area contributed by atoms with Crippen LogP contribution in [0.4, 0.5) is 17.6 Å². The van der Waals surface area contributed by atoms with Crippen molar-refractivity contribution in [2.45, 2.75) is 40.4 Å². The maximum Gasteiger partial charge on any atom is 0.363 e. The molecule has 16 heavy (non-hydrogen) atoms. The minimum Gasteiger partial charge on any atom is -0.198 e. The summed E-state index contributed by atoms with van der Waals surface area (Å²) in [7, 11) is 0. The molecule has 2 saturated carbocycles. The number of fused-ring (bicyclic) bond motifs is 1. The van der Waals surface area contributed by atoms with Gasteiger partial charge in [-0.05, 0) is 53.4 Å². The molecule has 2 aliphatic carbocycles. The average molecular weight is 415 g/mol. The first-order chi connectivity index (χ1) is 7.25. The van der Waals surface area contributed by atoms with Crippen molar-refractivity contribution in [2.75, 3.05) is 0 Å². The zero-order valence-corrected chi connectivity index (χ0v) is 12.1. The average Bonchev–Trinajstić information content (AvgIpc) is 2.67. The molecule has 0 nitrogen and oxygen atoms in total. The molecule has 0 N–H and O–H groups in total. The molecular formula is C10H12BrF4I. The fourth-order valence-electron chi connectivity index (χ4n) is 3.19. The Morgan fingerprint density at radius 3 is 2.06 bits per heavy atom. The molecule has 6 heteroatoms. The number of halogens is 6. The molecule has 0 heterocycles. The number of hydrogen-bond donors (Lipinski definition) is 0. The molecule has 2 aliphatic rings. The molecule has 0 radical (unpaired) electrons. The molecule has 0 aliphatic heterocycles. The largest absolute Gasteiger partial charge is 0.363 e. The lowest BCUT2D eigenvalue weighted by molar-refractivity contribution is -0.189. The molecule has 0 bridgehead atoms. The van der Waals surface area contributed by atoms with Crippen molar-refractivity contribution >= 4 is 38.5 Å². The second-order valence-corrected chi connectivity index (χ2v) is 7.32. The zero-order chi connectivity index (χ0) is 12.1. The van der Waals surface area contributed by atoms with Crippen molar-refractivity contribution in [1.29, 1.82) is 0 Å². The van der Waals surface area contributed by atoms with E-state index in [4.69, 9.17) is 0 Å². The van der Waals surface area contributed by atoms with Crippen LogP contribution in [0.25, 0.3) is 0 Å². The predicted octanol–water partition coefficient (Wildman–Crippen LogP) is 4.85. The third kappa shape index (κ3) is 2.01. The molecule has 0 amide bonds. The van der Waals surface area contributed by atoms with E-state index in [2.05, 4.69) is 22.6 Å². The van der Waals surface area contributed by atoms with Crippen LogP contribution in [-0.4, -0.2) is 14.7 Å². The second-order valence-electron chi connectivity index (χ2n) is 4.73. The fraction of sp³-hybridized carbons (Fsp3) is 1.00. The lowest BCUT2D eigenvalue weighted by atomic mass is 9.87. The summed E-state index contributed by atoms with van der Waals surface area (Å²) in [5.41, 5.74) is 0. The highest BCUT2D eigenvalue weighted by Gasteiger charge is 2.64. The van der Waals surface area contributed by atoms with E-state index < -0.39 is 16.7 Å². The van der Waals surface area contributed by atoms with Crippen molar-refractivity contribution in [3.05, 3.63) is 0 Å². The summed E-state index contributed by atoms with van der Waals surface area (Å²) in [5, 5.41) is 0. The molecular weight excluding hydrogens is 403 g/mol. The van der Waals surface area contributed by atoms with E-state index in [9.17, 15) is 17.6 Å². The van der Waals surface area contributed by atoms with Crippen LogP contribution in [0.15, 0.2) is 0 Å². The first-order valence-electron chi connectivity index (χ1n) is 5.33. The molecule has 2 rings (SSSR count). The monoisotopic (exact) mass is 414 g/mol. The molecule has 0 spiro atoms. The van der Waals surface area contributed by atoms with Gasteiger partial charge in [-0.15, -0.1) is 0 Å². The van der Waals surface area contributed by atoms with Gasteiger partial charge in [0, 0.05) is 9.84 Å². The van der Waals surface area contributed by atoms with Gasteiger partial charge >= 0.3 is 10.8 Å². The zero-order valence-electron chi connectivity index (χ0n) is 8.41. The number of rotatable bonds is 2. The predicted molar refractivity (Wildman–Crippen MR) is 65.6 cm³/mol. The van der Waals surface area contributed by atoms with Gasteiger partial charge in [0.15, 0.2) is 0 Å². The van der Waals surface area contributed by atoms with Gasteiger partial charge in [-0.25, -0.2) is 0 Å². The van der Waals surface area contributed by atoms with Gasteiger partial charge in [0.1, 0.15) is 0 Å².